The molecule has 10 unspecified atom stereocenters. The molecule has 3 amide bonds. The van der Waals surface area contributed by atoms with Gasteiger partial charge in [-0.2, -0.15) is 10.8 Å². The first-order valence-electron chi connectivity index (χ1n) is 16.3. The third-order valence-corrected chi connectivity index (χ3v) is 10.9. The lowest BCUT2D eigenvalue weighted by Crippen LogP contribution is -2.80. The van der Waals surface area contributed by atoms with Crippen molar-refractivity contribution in [1.29, 1.82) is 5.26 Å². The van der Waals surface area contributed by atoms with Crippen LogP contribution in [0.2, 0.25) is 0 Å². The molecule has 6 rings (SSSR count). The molecule has 13 heteroatoms. The van der Waals surface area contributed by atoms with Crippen LogP contribution < -0.4 is 26.9 Å². The Morgan fingerprint density at radius 2 is 2.05 bits per heavy atom. The molecule has 6 aliphatic rings. The Labute approximate surface area is 254 Å². The fourth-order valence-corrected chi connectivity index (χ4v) is 8.88. The minimum absolute atomic E-state index is 0.00438. The fraction of sp³-hybridized carbons (Fsp3) is 0.833. The van der Waals surface area contributed by atoms with Crippen molar-refractivity contribution in [2.45, 2.75) is 101 Å². The van der Waals surface area contributed by atoms with Gasteiger partial charge in [-0.05, 0) is 50.1 Å². The number of alkyl halides is 1. The van der Waals surface area contributed by atoms with E-state index in [-0.39, 0.29) is 54.6 Å². The van der Waals surface area contributed by atoms with Crippen molar-refractivity contribution in [3.8, 4) is 6.07 Å². The van der Waals surface area contributed by atoms with E-state index in [1.807, 2.05) is 0 Å². The third kappa shape index (κ3) is 5.78. The molecule has 0 aromatic heterocycles. The summed E-state index contributed by atoms with van der Waals surface area (Å²) >= 11 is 0. The van der Waals surface area contributed by atoms with E-state index >= 15 is 4.39 Å². The van der Waals surface area contributed by atoms with E-state index in [9.17, 15) is 14.9 Å². The number of hydrogen-bond donors (Lipinski definition) is 5. The van der Waals surface area contributed by atoms with Crippen LogP contribution in [0, 0.1) is 29.1 Å². The van der Waals surface area contributed by atoms with E-state index in [4.69, 9.17) is 0 Å². The quantitative estimate of drug-likeness (QED) is 0.293. The second-order valence-electron chi connectivity index (χ2n) is 13.6. The summed E-state index contributed by atoms with van der Waals surface area (Å²) in [4.78, 5) is 32.9. The lowest BCUT2D eigenvalue weighted by molar-refractivity contribution is -0.133. The minimum atomic E-state index is -1.10. The lowest BCUT2D eigenvalue weighted by atomic mass is 9.75. The van der Waals surface area contributed by atoms with Crippen LogP contribution in [-0.2, 0) is 4.79 Å². The van der Waals surface area contributed by atoms with Crippen LogP contribution in [0.5, 0.6) is 0 Å². The average molecular weight is 601 g/mol. The van der Waals surface area contributed by atoms with Gasteiger partial charge in [0.2, 0.25) is 5.91 Å². The second-order valence-corrected chi connectivity index (χ2v) is 13.6. The highest BCUT2D eigenvalue weighted by molar-refractivity contribution is 5.87. The molecule has 2 bridgehead atoms. The number of carbonyl (C=O) groups excluding carboxylic acids is 2. The maximum atomic E-state index is 16.4. The predicted molar refractivity (Wildman–Crippen MR) is 159 cm³/mol. The van der Waals surface area contributed by atoms with Gasteiger partial charge < -0.3 is 20.4 Å². The molecular formula is C30H49FN10O2. The SMILES string of the molecule is C=CC(=O)N1CCN(C2NC(=O)N3C4NC(C(F)CC24)C2CNNN2CCCCC2CCNC(C(C)C)C23)CC1CC#N. The number of nitrogens with one attached hydrogen (secondary N) is 5. The lowest BCUT2D eigenvalue weighted by Gasteiger charge is -2.59. The standard InChI is InChI=1S/C30H49FN10O2/c1-4-24(42)39-14-13-38(17-20(39)8-10-32)28-21-15-22(31)26-23-16-34-37-40(23)12-6-5-7-19-9-11-33-25(18(2)3)27(19)41(29(21)35-26)30(43)36-28/h4,18-23,25-29,33-35,37H,1,5-9,11-17H2,2-3H3,(H,36,43). The molecule has 6 heterocycles. The molecule has 0 saturated carbocycles. The van der Waals surface area contributed by atoms with Gasteiger partial charge in [-0.15, -0.1) is 0 Å². The van der Waals surface area contributed by atoms with Crippen molar-refractivity contribution < 1.29 is 14.0 Å². The van der Waals surface area contributed by atoms with Crippen molar-refractivity contribution in [1.82, 2.24) is 46.6 Å². The number of rotatable bonds is 4. The number of urea groups is 1. The van der Waals surface area contributed by atoms with Gasteiger partial charge in [0.25, 0.3) is 0 Å². The largest absolute Gasteiger partial charge is 0.333 e. The number of amides is 3. The summed E-state index contributed by atoms with van der Waals surface area (Å²) in [6, 6.07) is 1.43. The summed E-state index contributed by atoms with van der Waals surface area (Å²) in [7, 11) is 0. The topological polar surface area (TPSA) is 131 Å². The number of nitrogens with zero attached hydrogens (tertiary/aromatic N) is 5. The number of hydrazine groups is 2. The molecule has 0 aromatic rings. The van der Waals surface area contributed by atoms with Gasteiger partial charge in [-0.3, -0.25) is 15.0 Å². The van der Waals surface area contributed by atoms with Crippen LogP contribution >= 0.6 is 0 Å². The van der Waals surface area contributed by atoms with Gasteiger partial charge in [0.05, 0.1) is 49.0 Å². The first kappa shape index (κ1) is 30.7. The van der Waals surface area contributed by atoms with E-state index in [0.29, 0.717) is 44.4 Å². The molecule has 43 heavy (non-hydrogen) atoms. The van der Waals surface area contributed by atoms with E-state index in [0.717, 1.165) is 38.8 Å². The van der Waals surface area contributed by atoms with E-state index in [1.54, 1.807) is 4.90 Å². The van der Waals surface area contributed by atoms with Crippen LogP contribution in [-0.4, -0.2) is 120 Å². The number of piperazine rings is 1. The fourth-order valence-electron chi connectivity index (χ4n) is 8.88. The normalized spacial score (nSPS) is 40.9. The third-order valence-electron chi connectivity index (χ3n) is 10.9. The van der Waals surface area contributed by atoms with Crippen molar-refractivity contribution in [2.24, 2.45) is 17.8 Å². The van der Waals surface area contributed by atoms with E-state index in [2.05, 4.69) is 68.2 Å². The smallest absolute Gasteiger partial charge is 0.320 e. The first-order chi connectivity index (χ1) is 20.8. The molecule has 6 fully saturated rings. The van der Waals surface area contributed by atoms with E-state index in [1.165, 1.54) is 6.08 Å². The molecule has 5 N–H and O–H groups in total. The van der Waals surface area contributed by atoms with Gasteiger partial charge in [0.1, 0.15) is 6.17 Å². The molecule has 6 saturated heterocycles. The Hall–Kier alpha value is -2.34. The van der Waals surface area contributed by atoms with Crippen molar-refractivity contribution in [3.05, 3.63) is 12.7 Å². The van der Waals surface area contributed by atoms with Crippen LogP contribution in [0.1, 0.15) is 52.4 Å². The summed E-state index contributed by atoms with van der Waals surface area (Å²) < 4.78 is 16.4. The molecule has 6 aliphatic heterocycles. The van der Waals surface area contributed by atoms with Gasteiger partial charge >= 0.3 is 6.03 Å². The highest BCUT2D eigenvalue weighted by Crippen LogP contribution is 2.40. The number of carbonyl (C=O) groups is 2. The van der Waals surface area contributed by atoms with Crippen molar-refractivity contribution >= 4 is 11.9 Å². The Bertz CT molecular complexity index is 1090. The predicted octanol–water partition coefficient (Wildman–Crippen LogP) is 0.472. The van der Waals surface area contributed by atoms with Crippen LogP contribution in [0.4, 0.5) is 9.18 Å². The zero-order valence-electron chi connectivity index (χ0n) is 25.6. The molecule has 0 aliphatic carbocycles. The number of halogens is 1. The van der Waals surface area contributed by atoms with Gasteiger partial charge in [-0.1, -0.05) is 26.8 Å². The van der Waals surface area contributed by atoms with Crippen LogP contribution in [0.15, 0.2) is 12.7 Å². The Balaban J connectivity index is 1.35. The van der Waals surface area contributed by atoms with Crippen molar-refractivity contribution in [3.63, 3.8) is 0 Å². The molecule has 10 atom stereocenters. The summed E-state index contributed by atoms with van der Waals surface area (Å²) in [5.41, 5.74) is 6.50. The van der Waals surface area contributed by atoms with E-state index < -0.39 is 18.4 Å². The molecule has 0 radical (unpaired) electrons. The first-order valence-corrected chi connectivity index (χ1v) is 16.3. The highest BCUT2D eigenvalue weighted by Gasteiger charge is 2.56. The molecule has 0 aromatic carbocycles. The van der Waals surface area contributed by atoms with Crippen LogP contribution in [0.3, 0.4) is 0 Å². The zero-order chi connectivity index (χ0) is 30.2. The number of nitriles is 1. The second kappa shape index (κ2) is 12.9. The Kier molecular flexibility index (Phi) is 9.24. The number of hydrogen-bond acceptors (Lipinski definition) is 9. The average Bonchev–Trinajstić information content (AvgIpc) is 3.46. The maximum Gasteiger partial charge on any atom is 0.320 e. The minimum Gasteiger partial charge on any atom is -0.333 e. The molecule has 12 nitrogen and oxygen atoms in total. The monoisotopic (exact) mass is 600 g/mol. The van der Waals surface area contributed by atoms with Crippen molar-refractivity contribution in [2.75, 3.05) is 39.3 Å². The number of piperidine rings is 2. The summed E-state index contributed by atoms with van der Waals surface area (Å²) in [5, 5.41) is 22.5. The maximum absolute atomic E-state index is 16.4. The summed E-state index contributed by atoms with van der Waals surface area (Å²) in [5.74, 6) is 0.289. The molecule has 238 valence electrons. The van der Waals surface area contributed by atoms with Gasteiger partial charge in [0, 0.05) is 44.7 Å². The summed E-state index contributed by atoms with van der Waals surface area (Å²) in [6.45, 7) is 11.9. The van der Waals surface area contributed by atoms with Crippen LogP contribution in [0.25, 0.3) is 0 Å². The van der Waals surface area contributed by atoms with Gasteiger partial charge in [0.15, 0.2) is 0 Å². The van der Waals surface area contributed by atoms with Gasteiger partial charge in [-0.25, -0.2) is 19.6 Å². The Morgan fingerprint density at radius 1 is 1.21 bits per heavy atom. The Morgan fingerprint density at radius 3 is 2.81 bits per heavy atom. The number of fused-ring (bicyclic) bond motifs is 5. The molecule has 0 spiro atoms. The summed E-state index contributed by atoms with van der Waals surface area (Å²) in [6.07, 6.45) is 4.10. The highest BCUT2D eigenvalue weighted by atomic mass is 19.1. The molecular weight excluding hydrogens is 551 g/mol. The zero-order valence-corrected chi connectivity index (χ0v) is 25.6.